The molecule has 1 aromatic rings. The second-order valence-corrected chi connectivity index (χ2v) is 5.85. The van der Waals surface area contributed by atoms with Gasteiger partial charge in [-0.15, -0.1) is 0 Å². The summed E-state index contributed by atoms with van der Waals surface area (Å²) in [6.45, 7) is 5.54. The van der Waals surface area contributed by atoms with Crippen LogP contribution in [0.4, 0.5) is 4.79 Å². The molecule has 0 unspecified atom stereocenters. The van der Waals surface area contributed by atoms with Crippen LogP contribution in [-0.2, 0) is 4.74 Å². The standard InChI is InChI=1S/C14H20N2O3/c1-14(2,3)19-13(18)16(10-6-7-10)9-12(17)11-5-4-8-15-11/h4-5,8,10,15H,6-7,9H2,1-3H3. The predicted octanol–water partition coefficient (Wildman–Crippen LogP) is 2.60. The molecule has 1 aromatic heterocycles. The molecule has 0 saturated heterocycles. The van der Waals surface area contributed by atoms with Crippen LogP contribution in [0.1, 0.15) is 44.1 Å². The van der Waals surface area contributed by atoms with Gasteiger partial charge in [-0.05, 0) is 45.7 Å². The van der Waals surface area contributed by atoms with Crippen molar-refractivity contribution in [1.82, 2.24) is 9.88 Å². The largest absolute Gasteiger partial charge is 0.444 e. The fourth-order valence-electron chi connectivity index (χ4n) is 1.79. The monoisotopic (exact) mass is 264 g/mol. The summed E-state index contributed by atoms with van der Waals surface area (Å²) in [4.78, 5) is 28.5. The number of ketones is 1. The van der Waals surface area contributed by atoms with Gasteiger partial charge in [0.1, 0.15) is 5.60 Å². The summed E-state index contributed by atoms with van der Waals surface area (Å²) in [6, 6.07) is 3.62. The smallest absolute Gasteiger partial charge is 0.410 e. The maximum Gasteiger partial charge on any atom is 0.410 e. The molecular weight excluding hydrogens is 244 g/mol. The average Bonchev–Trinajstić information content (AvgIpc) is 2.96. The molecule has 1 fully saturated rings. The number of hydrogen-bond acceptors (Lipinski definition) is 3. The maximum absolute atomic E-state index is 12.1. The van der Waals surface area contributed by atoms with Crippen LogP contribution in [0.3, 0.4) is 0 Å². The van der Waals surface area contributed by atoms with Crippen LogP contribution in [0.5, 0.6) is 0 Å². The molecule has 0 atom stereocenters. The van der Waals surface area contributed by atoms with E-state index in [1.165, 1.54) is 4.90 Å². The number of carbonyl (C=O) groups is 2. The second-order valence-electron chi connectivity index (χ2n) is 5.85. The summed E-state index contributed by atoms with van der Waals surface area (Å²) in [5, 5.41) is 0. The number of aromatic amines is 1. The number of carbonyl (C=O) groups excluding carboxylic acids is 2. The quantitative estimate of drug-likeness (QED) is 0.850. The van der Waals surface area contributed by atoms with Gasteiger partial charge >= 0.3 is 6.09 Å². The van der Waals surface area contributed by atoms with Crippen LogP contribution in [0, 0.1) is 0 Å². The highest BCUT2D eigenvalue weighted by molar-refractivity contribution is 5.97. The Bertz CT molecular complexity index is 456. The number of Topliss-reactive ketones (excluding diaryl/α,β-unsaturated/α-hetero) is 1. The third-order valence-corrected chi connectivity index (χ3v) is 2.83. The highest BCUT2D eigenvalue weighted by Gasteiger charge is 2.36. The molecule has 0 aliphatic heterocycles. The van der Waals surface area contributed by atoms with E-state index in [1.54, 1.807) is 18.3 Å². The van der Waals surface area contributed by atoms with E-state index in [2.05, 4.69) is 4.98 Å². The minimum atomic E-state index is -0.542. The highest BCUT2D eigenvalue weighted by atomic mass is 16.6. The van der Waals surface area contributed by atoms with Crippen LogP contribution < -0.4 is 0 Å². The van der Waals surface area contributed by atoms with Gasteiger partial charge in [0.15, 0.2) is 5.78 Å². The van der Waals surface area contributed by atoms with E-state index >= 15 is 0 Å². The lowest BCUT2D eigenvalue weighted by Gasteiger charge is -2.26. The van der Waals surface area contributed by atoms with Gasteiger partial charge in [0.2, 0.25) is 0 Å². The first-order valence-electron chi connectivity index (χ1n) is 6.53. The number of ether oxygens (including phenoxy) is 1. The topological polar surface area (TPSA) is 62.4 Å². The Labute approximate surface area is 112 Å². The molecule has 5 heteroatoms. The van der Waals surface area contributed by atoms with Crippen molar-refractivity contribution in [3.63, 3.8) is 0 Å². The van der Waals surface area contributed by atoms with E-state index in [4.69, 9.17) is 4.74 Å². The zero-order chi connectivity index (χ0) is 14.0. The fraction of sp³-hybridized carbons (Fsp3) is 0.571. The molecule has 0 aromatic carbocycles. The summed E-state index contributed by atoms with van der Waals surface area (Å²) in [6.07, 6.45) is 3.17. The summed E-state index contributed by atoms with van der Waals surface area (Å²) < 4.78 is 5.34. The first kappa shape index (κ1) is 13.6. The molecule has 1 N–H and O–H groups in total. The number of nitrogens with zero attached hydrogens (tertiary/aromatic N) is 1. The van der Waals surface area contributed by atoms with Crippen molar-refractivity contribution in [3.8, 4) is 0 Å². The molecule has 104 valence electrons. The van der Waals surface area contributed by atoms with Gasteiger partial charge in [-0.2, -0.15) is 0 Å². The van der Waals surface area contributed by atoms with Gasteiger partial charge in [-0.3, -0.25) is 9.69 Å². The van der Waals surface area contributed by atoms with Crippen molar-refractivity contribution in [2.45, 2.75) is 45.3 Å². The second kappa shape index (κ2) is 5.07. The zero-order valence-electron chi connectivity index (χ0n) is 11.6. The molecule has 0 radical (unpaired) electrons. The van der Waals surface area contributed by atoms with E-state index in [0.29, 0.717) is 5.69 Å². The third-order valence-electron chi connectivity index (χ3n) is 2.83. The fourth-order valence-corrected chi connectivity index (χ4v) is 1.79. The maximum atomic E-state index is 12.1. The number of hydrogen-bond donors (Lipinski definition) is 1. The Morgan fingerprint density at radius 2 is 2.11 bits per heavy atom. The van der Waals surface area contributed by atoms with Gasteiger partial charge in [0.05, 0.1) is 12.2 Å². The Balaban J connectivity index is 2.01. The minimum Gasteiger partial charge on any atom is -0.444 e. The van der Waals surface area contributed by atoms with Crippen LogP contribution >= 0.6 is 0 Å². The molecule has 2 rings (SSSR count). The van der Waals surface area contributed by atoms with E-state index in [-0.39, 0.29) is 18.4 Å². The first-order chi connectivity index (χ1) is 8.87. The number of H-pyrrole nitrogens is 1. The molecule has 0 spiro atoms. The number of nitrogens with one attached hydrogen (secondary N) is 1. The Morgan fingerprint density at radius 1 is 1.42 bits per heavy atom. The summed E-state index contributed by atoms with van der Waals surface area (Å²) in [5.41, 5.74) is -0.0195. The van der Waals surface area contributed by atoms with Crippen LogP contribution in [-0.4, -0.2) is 39.9 Å². The van der Waals surface area contributed by atoms with Crippen LogP contribution in [0.25, 0.3) is 0 Å². The predicted molar refractivity (Wildman–Crippen MR) is 71.1 cm³/mol. The van der Waals surface area contributed by atoms with Gasteiger partial charge in [0.25, 0.3) is 0 Å². The molecule has 1 aliphatic rings. The summed E-state index contributed by atoms with van der Waals surface area (Å²) in [7, 11) is 0. The van der Waals surface area contributed by atoms with Crippen molar-refractivity contribution in [2.24, 2.45) is 0 Å². The van der Waals surface area contributed by atoms with Crippen molar-refractivity contribution in [2.75, 3.05) is 6.54 Å². The van der Waals surface area contributed by atoms with E-state index in [0.717, 1.165) is 12.8 Å². The van der Waals surface area contributed by atoms with Crippen molar-refractivity contribution in [1.29, 1.82) is 0 Å². The molecule has 19 heavy (non-hydrogen) atoms. The van der Waals surface area contributed by atoms with E-state index < -0.39 is 11.7 Å². The molecule has 1 amide bonds. The van der Waals surface area contributed by atoms with Crippen LogP contribution in [0.15, 0.2) is 18.3 Å². The lowest BCUT2D eigenvalue weighted by Crippen LogP contribution is -2.41. The lowest BCUT2D eigenvalue weighted by atomic mass is 10.2. The molecule has 1 aliphatic carbocycles. The van der Waals surface area contributed by atoms with Crippen molar-refractivity contribution < 1.29 is 14.3 Å². The number of amides is 1. The number of rotatable bonds is 4. The molecule has 1 heterocycles. The summed E-state index contributed by atoms with van der Waals surface area (Å²) >= 11 is 0. The van der Waals surface area contributed by atoms with Crippen molar-refractivity contribution >= 4 is 11.9 Å². The normalized spacial score (nSPS) is 15.1. The first-order valence-corrected chi connectivity index (χ1v) is 6.53. The third kappa shape index (κ3) is 3.84. The average molecular weight is 264 g/mol. The van der Waals surface area contributed by atoms with Gasteiger partial charge in [-0.25, -0.2) is 4.79 Å². The zero-order valence-corrected chi connectivity index (χ0v) is 11.6. The minimum absolute atomic E-state index is 0.0695. The number of aromatic nitrogens is 1. The lowest BCUT2D eigenvalue weighted by molar-refractivity contribution is 0.0231. The molecule has 0 bridgehead atoms. The van der Waals surface area contributed by atoms with E-state index in [9.17, 15) is 9.59 Å². The van der Waals surface area contributed by atoms with Gasteiger partial charge in [-0.1, -0.05) is 0 Å². The van der Waals surface area contributed by atoms with Gasteiger partial charge in [0, 0.05) is 12.2 Å². The van der Waals surface area contributed by atoms with Gasteiger partial charge < -0.3 is 9.72 Å². The summed E-state index contributed by atoms with van der Waals surface area (Å²) in [5.74, 6) is -0.0947. The SMILES string of the molecule is CC(C)(C)OC(=O)N(CC(=O)c1ccc[nH]1)C1CC1. The Kier molecular flexibility index (Phi) is 3.64. The molecule has 1 saturated carbocycles. The highest BCUT2D eigenvalue weighted by Crippen LogP contribution is 2.28. The Hall–Kier alpha value is -1.78. The Morgan fingerprint density at radius 3 is 2.58 bits per heavy atom. The van der Waals surface area contributed by atoms with Crippen molar-refractivity contribution in [3.05, 3.63) is 24.0 Å². The molecular formula is C14H20N2O3. The molecule has 5 nitrogen and oxygen atoms in total. The van der Waals surface area contributed by atoms with Crippen LogP contribution in [0.2, 0.25) is 0 Å². The van der Waals surface area contributed by atoms with E-state index in [1.807, 2.05) is 20.8 Å².